The van der Waals surface area contributed by atoms with Gasteiger partial charge in [-0.25, -0.2) is 0 Å². The van der Waals surface area contributed by atoms with Crippen LogP contribution in [0.5, 0.6) is 0 Å². The van der Waals surface area contributed by atoms with Gasteiger partial charge in [0.1, 0.15) is 11.6 Å². The van der Waals surface area contributed by atoms with E-state index in [0.717, 1.165) is 5.47 Å². The first kappa shape index (κ1) is 16.9. The third-order valence-electron chi connectivity index (χ3n) is 4.14. The molecule has 1 aromatic heterocycles. The molecule has 5 nitrogen and oxygen atoms in total. The van der Waals surface area contributed by atoms with E-state index in [1.54, 1.807) is 6.20 Å². The molecule has 0 radical (unpaired) electrons. The largest absolute Gasteiger partial charge is 0.491 e. The first-order valence-corrected chi connectivity index (χ1v) is 7.63. The number of aromatic amines is 1. The second-order valence-electron chi connectivity index (χ2n) is 6.25. The summed E-state index contributed by atoms with van der Waals surface area (Å²) in [6.07, 6.45) is 3.38. The molecule has 1 aliphatic heterocycles. The molecule has 0 aromatic carbocycles. The second kappa shape index (κ2) is 5.96. The molecule has 2 rings (SSSR count). The zero-order chi connectivity index (χ0) is 16.5. The van der Waals surface area contributed by atoms with E-state index in [0.29, 0.717) is 11.3 Å². The molecule has 0 saturated carbocycles. The van der Waals surface area contributed by atoms with Crippen LogP contribution >= 0.6 is 12.6 Å². The van der Waals surface area contributed by atoms with E-state index in [9.17, 15) is 4.79 Å². The maximum Gasteiger partial charge on any atom is 0.491 e. The van der Waals surface area contributed by atoms with Crippen molar-refractivity contribution in [3.8, 4) is 6.07 Å². The van der Waals surface area contributed by atoms with Gasteiger partial charge in [0, 0.05) is 11.9 Å². The summed E-state index contributed by atoms with van der Waals surface area (Å²) < 4.78 is 12.0. The van der Waals surface area contributed by atoms with Crippen molar-refractivity contribution in [2.75, 3.05) is 5.75 Å². The number of thiol groups is 1. The van der Waals surface area contributed by atoms with Gasteiger partial charge in [-0.3, -0.25) is 4.79 Å². The number of nitriles is 1. The number of nitrogens with zero attached hydrogens (tertiary/aromatic N) is 1. The minimum Gasteiger partial charge on any atom is -0.400 e. The van der Waals surface area contributed by atoms with Gasteiger partial charge in [-0.2, -0.15) is 17.9 Å². The number of rotatable bonds is 3. The highest BCUT2D eigenvalue weighted by Crippen LogP contribution is 2.38. The lowest BCUT2D eigenvalue weighted by molar-refractivity contribution is 0.00578. The summed E-state index contributed by atoms with van der Waals surface area (Å²) in [4.78, 5) is 14.0. The molecular weight excluding hydrogens is 299 g/mol. The normalized spacial score (nSPS) is 20.0. The van der Waals surface area contributed by atoms with Crippen molar-refractivity contribution in [1.82, 2.24) is 4.98 Å². The molecule has 1 aromatic rings. The van der Waals surface area contributed by atoms with Gasteiger partial charge in [0.15, 0.2) is 0 Å². The molecule has 1 N–H and O–H groups in total. The fourth-order valence-electron chi connectivity index (χ4n) is 2.06. The Bertz CT molecular complexity index is 687. The van der Waals surface area contributed by atoms with E-state index in [1.165, 1.54) is 6.07 Å². The average Bonchev–Trinajstić information content (AvgIpc) is 2.66. The lowest BCUT2D eigenvalue weighted by atomic mass is 9.78. The molecule has 116 valence electrons. The number of hydrogen-bond donors (Lipinski definition) is 2. The Balaban J connectivity index is 2.34. The molecule has 1 fully saturated rings. The highest BCUT2D eigenvalue weighted by Gasteiger charge is 2.52. The van der Waals surface area contributed by atoms with Crippen LogP contribution in [0.15, 0.2) is 22.5 Å². The fraction of sp³-hybridized carbons (Fsp3) is 0.467. The molecule has 0 atom stereocenters. The summed E-state index contributed by atoms with van der Waals surface area (Å²) in [5, 5.41) is 8.93. The van der Waals surface area contributed by atoms with Gasteiger partial charge in [-0.15, -0.1) is 0 Å². The molecule has 1 aliphatic rings. The number of nitrogens with one attached hydrogen (secondary N) is 1. The van der Waals surface area contributed by atoms with E-state index >= 15 is 0 Å². The molecular formula is C15H19BN2O3S. The first-order chi connectivity index (χ1) is 10.2. The van der Waals surface area contributed by atoms with E-state index in [-0.39, 0.29) is 5.56 Å². The Morgan fingerprint density at radius 1 is 1.41 bits per heavy atom. The minimum absolute atomic E-state index is 0.0705. The highest BCUT2D eigenvalue weighted by atomic mass is 32.1. The van der Waals surface area contributed by atoms with Crippen molar-refractivity contribution in [2.45, 2.75) is 38.9 Å². The quantitative estimate of drug-likeness (QED) is 0.662. The lowest BCUT2D eigenvalue weighted by Crippen LogP contribution is -2.41. The summed E-state index contributed by atoms with van der Waals surface area (Å²) in [5.41, 5.74) is 0.349. The maximum absolute atomic E-state index is 11.4. The molecule has 0 aliphatic carbocycles. The van der Waals surface area contributed by atoms with Crippen LogP contribution in [0.3, 0.4) is 0 Å². The Morgan fingerprint density at radius 3 is 2.50 bits per heavy atom. The minimum atomic E-state index is -0.500. The fourth-order valence-corrected chi connectivity index (χ4v) is 2.30. The summed E-state index contributed by atoms with van der Waals surface area (Å²) in [6, 6.07) is 3.40. The standard InChI is InChI=1S/C15H19BN2O3S/c1-14(2)15(3,4)21-16(20-14)12(9-22)6-10-5-11(7-17)13(19)18-8-10/h5-6,8,22H,9H2,1-4H3,(H,18,19). The van der Waals surface area contributed by atoms with Crippen molar-refractivity contribution < 1.29 is 9.31 Å². The van der Waals surface area contributed by atoms with Crippen molar-refractivity contribution in [3.63, 3.8) is 0 Å². The van der Waals surface area contributed by atoms with Gasteiger partial charge in [-0.1, -0.05) is 6.08 Å². The lowest BCUT2D eigenvalue weighted by Gasteiger charge is -2.32. The SMILES string of the molecule is CC1(C)OB(C(=Cc2c[nH]c(=O)c(C#N)c2)CS)OC1(C)C. The van der Waals surface area contributed by atoms with E-state index in [4.69, 9.17) is 14.6 Å². The van der Waals surface area contributed by atoms with Gasteiger partial charge >= 0.3 is 7.12 Å². The van der Waals surface area contributed by atoms with E-state index in [2.05, 4.69) is 17.6 Å². The van der Waals surface area contributed by atoms with Crippen molar-refractivity contribution in [3.05, 3.63) is 39.2 Å². The molecule has 1 saturated heterocycles. The summed E-state index contributed by atoms with van der Waals surface area (Å²) >= 11 is 4.34. The molecule has 7 heteroatoms. The Labute approximate surface area is 135 Å². The number of H-pyrrole nitrogens is 1. The Morgan fingerprint density at radius 2 is 2.00 bits per heavy atom. The zero-order valence-electron chi connectivity index (χ0n) is 13.1. The van der Waals surface area contributed by atoms with Gasteiger partial charge in [-0.05, 0) is 44.8 Å². The molecule has 0 bridgehead atoms. The summed E-state index contributed by atoms with van der Waals surface area (Å²) in [7, 11) is -0.500. The summed E-state index contributed by atoms with van der Waals surface area (Å²) in [5.74, 6) is 0.442. The van der Waals surface area contributed by atoms with Crippen LogP contribution in [0.1, 0.15) is 38.8 Å². The molecule has 0 amide bonds. The van der Waals surface area contributed by atoms with Crippen LogP contribution in [0, 0.1) is 11.3 Å². The smallest absolute Gasteiger partial charge is 0.400 e. The predicted molar refractivity (Wildman–Crippen MR) is 89.7 cm³/mol. The van der Waals surface area contributed by atoms with Gasteiger partial charge < -0.3 is 14.3 Å². The number of aromatic nitrogens is 1. The van der Waals surface area contributed by atoms with E-state index in [1.807, 2.05) is 39.8 Å². The Kier molecular flexibility index (Phi) is 4.57. The molecule has 22 heavy (non-hydrogen) atoms. The van der Waals surface area contributed by atoms with Crippen molar-refractivity contribution in [2.24, 2.45) is 0 Å². The van der Waals surface area contributed by atoms with Gasteiger partial charge in [0.05, 0.1) is 11.2 Å². The monoisotopic (exact) mass is 318 g/mol. The molecule has 0 spiro atoms. The number of hydrogen-bond acceptors (Lipinski definition) is 5. The van der Waals surface area contributed by atoms with Crippen LogP contribution in [0.2, 0.25) is 0 Å². The zero-order valence-corrected chi connectivity index (χ0v) is 14.0. The van der Waals surface area contributed by atoms with Crippen LogP contribution in [-0.2, 0) is 9.31 Å². The van der Waals surface area contributed by atoms with Crippen molar-refractivity contribution >= 4 is 25.8 Å². The topological polar surface area (TPSA) is 75.1 Å². The molecule has 0 unspecified atom stereocenters. The van der Waals surface area contributed by atoms with Gasteiger partial charge in [0.25, 0.3) is 5.56 Å². The third kappa shape index (κ3) is 3.14. The van der Waals surface area contributed by atoms with Crippen LogP contribution < -0.4 is 5.56 Å². The van der Waals surface area contributed by atoms with Gasteiger partial charge in [0.2, 0.25) is 0 Å². The highest BCUT2D eigenvalue weighted by molar-refractivity contribution is 7.80. The average molecular weight is 318 g/mol. The predicted octanol–water partition coefficient (Wildman–Crippen LogP) is 2.19. The second-order valence-corrected chi connectivity index (χ2v) is 6.57. The van der Waals surface area contributed by atoms with Crippen LogP contribution in [-0.4, -0.2) is 29.1 Å². The first-order valence-electron chi connectivity index (χ1n) is 7.00. The van der Waals surface area contributed by atoms with Crippen LogP contribution in [0.25, 0.3) is 6.08 Å². The third-order valence-corrected chi connectivity index (χ3v) is 4.50. The summed E-state index contributed by atoms with van der Waals surface area (Å²) in [6.45, 7) is 7.93. The number of pyridine rings is 1. The van der Waals surface area contributed by atoms with Crippen molar-refractivity contribution in [1.29, 1.82) is 5.26 Å². The Hall–Kier alpha value is -1.49. The molecule has 2 heterocycles. The van der Waals surface area contributed by atoms with Crippen LogP contribution in [0.4, 0.5) is 0 Å². The maximum atomic E-state index is 11.4. The van der Waals surface area contributed by atoms with E-state index < -0.39 is 23.9 Å².